The molecule has 184 valence electrons. The fraction of sp³-hybridized carbons (Fsp3) is 0.318. The predicted octanol–water partition coefficient (Wildman–Crippen LogP) is 1.81. The maximum atomic E-state index is 13.0. The van der Waals surface area contributed by atoms with E-state index in [9.17, 15) is 18.0 Å². The van der Waals surface area contributed by atoms with Crippen molar-refractivity contribution in [2.75, 3.05) is 12.8 Å². The van der Waals surface area contributed by atoms with Gasteiger partial charge in [0.2, 0.25) is 0 Å². The van der Waals surface area contributed by atoms with Crippen LogP contribution in [0.4, 0.5) is 10.5 Å². The van der Waals surface area contributed by atoms with Crippen LogP contribution in [0.2, 0.25) is 10.2 Å². The van der Waals surface area contributed by atoms with Gasteiger partial charge in [0, 0.05) is 0 Å². The van der Waals surface area contributed by atoms with E-state index in [2.05, 4.69) is 12.2 Å². The number of carbonyl (C=O) groups excluding carboxylic acids is 2. The van der Waals surface area contributed by atoms with Gasteiger partial charge in [-0.05, 0) is 0 Å². The third-order valence-corrected chi connectivity index (χ3v) is 10.5. The summed E-state index contributed by atoms with van der Waals surface area (Å²) in [5.41, 5.74) is 12.8. The summed E-state index contributed by atoms with van der Waals surface area (Å²) in [7, 11) is -2.83. The molecule has 0 saturated heterocycles. The number of amidine groups is 1. The Bertz CT molecular complexity index is 1220. The van der Waals surface area contributed by atoms with Crippen LogP contribution < -0.4 is 25.0 Å². The Kier molecular flexibility index (Phi) is 9.30. The molecule has 0 spiro atoms. The molecule has 0 radical (unpaired) electrons. The first-order valence-electron chi connectivity index (χ1n) is 10.6. The van der Waals surface area contributed by atoms with Gasteiger partial charge in [0.15, 0.2) is 0 Å². The van der Waals surface area contributed by atoms with Crippen LogP contribution in [-0.4, -0.2) is 54.7 Å². The van der Waals surface area contributed by atoms with Gasteiger partial charge < -0.3 is 0 Å². The Morgan fingerprint density at radius 3 is 2.35 bits per heavy atom. The number of carbonyl (C=O) groups is 2. The third-order valence-electron chi connectivity index (χ3n) is 5.30. The summed E-state index contributed by atoms with van der Waals surface area (Å²) in [5.74, 6) is -0.758. The zero-order valence-electron chi connectivity index (χ0n) is 19.3. The van der Waals surface area contributed by atoms with E-state index in [0.717, 1.165) is 15.1 Å². The topological polar surface area (TPSA) is 156 Å². The van der Waals surface area contributed by atoms with Crippen molar-refractivity contribution in [3.05, 3.63) is 58.1 Å². The van der Waals surface area contributed by atoms with Gasteiger partial charge in [-0.1, -0.05) is 6.92 Å². The molecule has 0 fully saturated rings. The summed E-state index contributed by atoms with van der Waals surface area (Å²) >= 11 is 5.74. The Morgan fingerprint density at radius 1 is 1.12 bits per heavy atom. The van der Waals surface area contributed by atoms with Crippen molar-refractivity contribution in [1.29, 1.82) is 5.41 Å². The fourth-order valence-corrected chi connectivity index (χ4v) is 7.34. The first-order chi connectivity index (χ1) is 15.9. The number of hydrogen-bond donors (Lipinski definition) is 4. The van der Waals surface area contributed by atoms with E-state index in [0.29, 0.717) is 12.0 Å². The molecule has 2 atom stereocenters. The maximum absolute atomic E-state index is 13.0. The number of sulfonamides is 1. The molecule has 0 aliphatic carbocycles. The minimum absolute atomic E-state index is 0.0113. The molecular weight excluding hydrogens is 541 g/mol. The van der Waals surface area contributed by atoms with Gasteiger partial charge in [0.1, 0.15) is 0 Å². The van der Waals surface area contributed by atoms with Crippen molar-refractivity contribution in [2.24, 2.45) is 11.5 Å². The summed E-state index contributed by atoms with van der Waals surface area (Å²) < 4.78 is 25.7. The molecule has 0 aromatic heterocycles. The predicted molar refractivity (Wildman–Crippen MR) is 139 cm³/mol. The van der Waals surface area contributed by atoms with Crippen molar-refractivity contribution in [3.63, 3.8) is 0 Å². The normalized spacial score (nSPS) is 13.5. The minimum atomic E-state index is -4.01. The number of urea groups is 1. The number of hydrogen-bond acceptors (Lipinski definition) is 5. The summed E-state index contributed by atoms with van der Waals surface area (Å²) in [6.45, 7) is 3.99. The Morgan fingerprint density at radius 2 is 1.79 bits per heavy atom. The van der Waals surface area contributed by atoms with Crippen LogP contribution in [0, 0.1) is 5.41 Å². The Labute approximate surface area is 211 Å². The molecule has 2 aromatic carbocycles. The van der Waals surface area contributed by atoms with Gasteiger partial charge in [-0.2, -0.15) is 0 Å². The SMILES string of the molecule is CCCS(=O)(=O)[N+](C)(C(N)=O)c1cc(Cl)cc(C(=O)NCc2ccc(C(=N)N)cc2[AsH]CC)c1. The van der Waals surface area contributed by atoms with Crippen LogP contribution in [-0.2, 0) is 16.6 Å². The second kappa shape index (κ2) is 11.4. The van der Waals surface area contributed by atoms with E-state index in [1.54, 1.807) is 13.0 Å². The van der Waals surface area contributed by atoms with E-state index in [4.69, 9.17) is 28.5 Å². The average molecular weight is 571 g/mol. The van der Waals surface area contributed by atoms with Crippen LogP contribution in [0.3, 0.4) is 0 Å². The van der Waals surface area contributed by atoms with Gasteiger partial charge in [-0.3, -0.25) is 0 Å². The number of nitrogens with two attached hydrogens (primary N) is 2. The van der Waals surface area contributed by atoms with Crippen LogP contribution in [0.25, 0.3) is 0 Å². The molecule has 0 aliphatic heterocycles. The first kappa shape index (κ1) is 27.9. The first-order valence-corrected chi connectivity index (χ1v) is 15.1. The molecule has 12 heteroatoms. The molecule has 0 bridgehead atoms. The van der Waals surface area contributed by atoms with Gasteiger partial charge in [0.05, 0.1) is 0 Å². The third kappa shape index (κ3) is 5.99. The summed E-state index contributed by atoms with van der Waals surface area (Å²) in [5, 5.41) is 11.6. The number of benzene rings is 2. The van der Waals surface area contributed by atoms with Crippen LogP contribution in [0.1, 0.15) is 41.8 Å². The second-order valence-corrected chi connectivity index (χ2v) is 13.8. The number of nitrogens with zero attached hydrogens (tertiary/aromatic N) is 1. The van der Waals surface area contributed by atoms with Crippen molar-refractivity contribution in [2.45, 2.75) is 32.0 Å². The van der Waals surface area contributed by atoms with E-state index in [1.807, 2.05) is 12.1 Å². The molecule has 2 aromatic rings. The van der Waals surface area contributed by atoms with Gasteiger partial charge in [0.25, 0.3) is 0 Å². The average Bonchev–Trinajstić information content (AvgIpc) is 2.76. The van der Waals surface area contributed by atoms with Crippen molar-refractivity contribution < 1.29 is 18.0 Å². The van der Waals surface area contributed by atoms with Gasteiger partial charge in [-0.15, -0.1) is 0 Å². The zero-order chi connectivity index (χ0) is 25.7. The molecule has 2 unspecified atom stereocenters. The molecule has 34 heavy (non-hydrogen) atoms. The molecule has 0 aliphatic rings. The van der Waals surface area contributed by atoms with Crippen molar-refractivity contribution in [3.8, 4) is 0 Å². The summed E-state index contributed by atoms with van der Waals surface area (Å²) in [6, 6.07) is 8.41. The number of halogens is 1. The Hall–Kier alpha value is -2.39. The Balaban J connectivity index is 2.39. The van der Waals surface area contributed by atoms with Crippen LogP contribution in [0.5, 0.6) is 0 Å². The molecule has 2 rings (SSSR count). The summed E-state index contributed by atoms with van der Waals surface area (Å²) in [4.78, 5) is 25.2. The van der Waals surface area contributed by atoms with Crippen molar-refractivity contribution >= 4 is 65.2 Å². The standard InChI is InChI=1S/C22H29AsClN5O4S/c1-4-8-34(32,33)29(3,22(27)31)18-10-16(9-17(24)12-18)21(30)28-13-15-7-6-14(20(25)26)11-19(15)23-5-2/h6-7,9-12,23H,4-5,8,13H2,1-3H3,(H5-,25,26,27,28,30,31)/p+1. The fourth-order valence-electron chi connectivity index (χ4n) is 3.35. The molecule has 6 N–H and O–H groups in total. The van der Waals surface area contributed by atoms with Crippen LogP contribution >= 0.6 is 11.6 Å². The van der Waals surface area contributed by atoms with E-state index in [-0.39, 0.29) is 34.4 Å². The zero-order valence-corrected chi connectivity index (χ0v) is 23.0. The van der Waals surface area contributed by atoms with Crippen molar-refractivity contribution in [1.82, 2.24) is 9.21 Å². The van der Waals surface area contributed by atoms with E-state index < -0.39 is 41.6 Å². The quantitative estimate of drug-likeness (QED) is 0.148. The molecule has 9 nitrogen and oxygen atoms in total. The number of rotatable bonds is 10. The van der Waals surface area contributed by atoms with Gasteiger partial charge in [-0.25, -0.2) is 0 Å². The number of nitrogens with one attached hydrogen (secondary N) is 2. The van der Waals surface area contributed by atoms with Crippen LogP contribution in [0.15, 0.2) is 36.4 Å². The second-order valence-electron chi connectivity index (χ2n) is 7.75. The molecule has 3 amide bonds. The molecule has 0 saturated carbocycles. The molecular formula is C22H30AsClN5O4S+. The van der Waals surface area contributed by atoms with E-state index >= 15 is 0 Å². The molecule has 0 heterocycles. The monoisotopic (exact) mass is 570 g/mol. The number of primary amides is 1. The number of amides is 3. The number of nitrogen functional groups attached to an aromatic ring is 1. The van der Waals surface area contributed by atoms with E-state index in [1.165, 1.54) is 25.2 Å². The summed E-state index contributed by atoms with van der Waals surface area (Å²) in [6.07, 6.45) is 0.295. The van der Waals surface area contributed by atoms with Gasteiger partial charge >= 0.3 is 205 Å². The number of quaternary nitrogens is 1.